The number of hydrogen-bond acceptors (Lipinski definition) is 10. The molecular weight excluding hydrogens is 829 g/mol. The molecule has 4 unspecified atom stereocenters. The van der Waals surface area contributed by atoms with Crippen molar-refractivity contribution in [1.82, 2.24) is 9.80 Å². The molecule has 4 fully saturated rings. The second-order valence-corrected chi connectivity index (χ2v) is 23.6. The number of carbonyl (C=O) groups excluding carboxylic acids is 2. The number of aliphatic hydroxyl groups excluding tert-OH is 3. The van der Waals surface area contributed by atoms with Gasteiger partial charge in [0.1, 0.15) is 40.2 Å². The number of carboxylic acids is 1. The number of phenolic OH excluding ortho intramolecular Hbond substituents is 2. The van der Waals surface area contributed by atoms with Crippen molar-refractivity contribution in [3.8, 4) is 23.0 Å². The van der Waals surface area contributed by atoms with E-state index in [0.717, 1.165) is 37.7 Å². The number of amides is 2. The third kappa shape index (κ3) is 5.82. The molecule has 4 aliphatic carbocycles. The zero-order chi connectivity index (χ0) is 46.7. The van der Waals surface area contributed by atoms with Crippen molar-refractivity contribution in [3.05, 3.63) is 45.5 Å². The Kier molecular flexibility index (Phi) is 9.96. The lowest BCUT2D eigenvalue weighted by atomic mass is 9.43. The first kappa shape index (κ1) is 44.7. The molecule has 4 heterocycles. The lowest BCUT2D eigenvalue weighted by Crippen LogP contribution is -2.69. The third-order valence-electron chi connectivity index (χ3n) is 20.1. The highest BCUT2D eigenvalue weighted by atomic mass is 16.5. The molecule has 4 saturated carbocycles. The monoisotopic (exact) mass is 898 g/mol. The summed E-state index contributed by atoms with van der Waals surface area (Å²) in [6.45, 7) is 17.8. The SMILES string of the molecule is C[C@@H]1CCC2C(C)(C)[C@H](O)CC[C@]2(C)C12Cc1c(O)cc3c(c1O2)CN([C@H](CCCCN1Cc2c(cc(O)c4c2OC2(C4)[C@H](C)CCC4C(C)(C)[C@H](O)[C@H](O)C[C@@]42C)C1=O)C(=O)O)C3=O. The van der Waals surface area contributed by atoms with Gasteiger partial charge >= 0.3 is 5.97 Å². The number of benzene rings is 2. The topological polar surface area (TPSA) is 198 Å². The Morgan fingerprint density at radius 3 is 1.85 bits per heavy atom. The zero-order valence-electron chi connectivity index (χ0n) is 39.5. The first-order valence-corrected chi connectivity index (χ1v) is 24.5. The van der Waals surface area contributed by atoms with Crippen LogP contribution in [0.4, 0.5) is 0 Å². The normalized spacial score (nSPS) is 38.7. The number of unbranched alkanes of at least 4 members (excludes halogenated alkanes) is 1. The molecular formula is C52H70N2O11. The van der Waals surface area contributed by atoms with E-state index in [9.17, 15) is 45.0 Å². The van der Waals surface area contributed by atoms with E-state index in [-0.39, 0.29) is 77.0 Å². The maximum Gasteiger partial charge on any atom is 0.326 e. The number of ether oxygens (including phenoxy) is 2. The van der Waals surface area contributed by atoms with Crippen LogP contribution in [0.15, 0.2) is 12.1 Å². The summed E-state index contributed by atoms with van der Waals surface area (Å²) in [5, 5.41) is 67.0. The van der Waals surface area contributed by atoms with Crippen molar-refractivity contribution in [1.29, 1.82) is 0 Å². The minimum Gasteiger partial charge on any atom is -0.508 e. The van der Waals surface area contributed by atoms with E-state index in [1.165, 1.54) is 11.0 Å². The summed E-state index contributed by atoms with van der Waals surface area (Å²) in [4.78, 5) is 44.1. The van der Waals surface area contributed by atoms with Crippen LogP contribution in [0, 0.1) is 45.3 Å². The van der Waals surface area contributed by atoms with Gasteiger partial charge in [0.15, 0.2) is 0 Å². The first-order valence-electron chi connectivity index (χ1n) is 24.5. The maximum atomic E-state index is 14.1. The van der Waals surface area contributed by atoms with Crippen LogP contribution in [0.1, 0.15) is 163 Å². The van der Waals surface area contributed by atoms with Gasteiger partial charge in [-0.3, -0.25) is 9.59 Å². The molecule has 0 saturated heterocycles. The fourth-order valence-electron chi connectivity index (χ4n) is 16.2. The zero-order valence-corrected chi connectivity index (χ0v) is 39.5. The maximum absolute atomic E-state index is 14.1. The van der Waals surface area contributed by atoms with Crippen LogP contribution in [-0.2, 0) is 30.7 Å². The van der Waals surface area contributed by atoms with Crippen molar-refractivity contribution in [2.24, 2.45) is 45.3 Å². The summed E-state index contributed by atoms with van der Waals surface area (Å²) in [6, 6.07) is 1.91. The Morgan fingerprint density at radius 2 is 1.26 bits per heavy atom. The van der Waals surface area contributed by atoms with Crippen molar-refractivity contribution < 1.29 is 54.5 Å². The Hall–Kier alpha value is -4.07. The predicted molar refractivity (Wildman–Crippen MR) is 240 cm³/mol. The number of rotatable bonds is 7. The van der Waals surface area contributed by atoms with Gasteiger partial charge in [0.05, 0.1) is 42.5 Å². The van der Waals surface area contributed by atoms with E-state index in [1.807, 2.05) is 13.8 Å². The molecule has 2 aromatic carbocycles. The van der Waals surface area contributed by atoms with Crippen molar-refractivity contribution in [3.63, 3.8) is 0 Å². The Balaban J connectivity index is 0.833. The number of nitrogens with zero attached hydrogens (tertiary/aromatic N) is 2. The Labute approximate surface area is 382 Å². The summed E-state index contributed by atoms with van der Waals surface area (Å²) in [5.74, 6) is -0.274. The number of phenols is 2. The minimum absolute atomic E-state index is 0.00949. The molecule has 0 bridgehead atoms. The molecule has 12 atom stereocenters. The van der Waals surface area contributed by atoms with Gasteiger partial charge in [-0.1, -0.05) is 55.4 Å². The highest BCUT2D eigenvalue weighted by Crippen LogP contribution is 2.69. The van der Waals surface area contributed by atoms with Gasteiger partial charge in [-0.05, 0) is 111 Å². The number of aromatic hydroxyl groups is 2. The fraction of sp³-hybridized carbons (Fsp3) is 0.712. The average molecular weight is 899 g/mol. The van der Waals surface area contributed by atoms with Gasteiger partial charge in [0.25, 0.3) is 11.8 Å². The quantitative estimate of drug-likeness (QED) is 0.155. The van der Waals surface area contributed by atoms with Crippen LogP contribution in [0.25, 0.3) is 0 Å². The number of carbonyl (C=O) groups is 3. The molecule has 8 aliphatic rings. The number of aliphatic carboxylic acids is 1. The van der Waals surface area contributed by atoms with Crippen LogP contribution in [0.5, 0.6) is 23.0 Å². The lowest BCUT2D eigenvalue weighted by Gasteiger charge is -2.64. The highest BCUT2D eigenvalue weighted by Gasteiger charge is 2.70. The highest BCUT2D eigenvalue weighted by molar-refractivity contribution is 6.02. The Bertz CT molecular complexity index is 2380. The van der Waals surface area contributed by atoms with Crippen LogP contribution in [0.3, 0.4) is 0 Å². The summed E-state index contributed by atoms with van der Waals surface area (Å²) in [5.41, 5.74) is 0.244. The van der Waals surface area contributed by atoms with Crippen LogP contribution < -0.4 is 9.47 Å². The molecule has 10 rings (SSSR count). The molecule has 2 amide bonds. The van der Waals surface area contributed by atoms with Crippen molar-refractivity contribution >= 4 is 17.8 Å². The van der Waals surface area contributed by atoms with Crippen LogP contribution >= 0.6 is 0 Å². The first-order chi connectivity index (χ1) is 30.4. The van der Waals surface area contributed by atoms with Gasteiger partial charge in [-0.2, -0.15) is 0 Å². The molecule has 354 valence electrons. The molecule has 2 aromatic rings. The summed E-state index contributed by atoms with van der Waals surface area (Å²) in [6.07, 6.45) is 5.21. The van der Waals surface area contributed by atoms with Gasteiger partial charge in [-0.25, -0.2) is 4.79 Å². The fourth-order valence-corrected chi connectivity index (χ4v) is 16.2. The molecule has 65 heavy (non-hydrogen) atoms. The van der Waals surface area contributed by atoms with E-state index in [4.69, 9.17) is 9.47 Å². The third-order valence-corrected chi connectivity index (χ3v) is 20.1. The average Bonchev–Trinajstić information content (AvgIpc) is 4.01. The van der Waals surface area contributed by atoms with Crippen LogP contribution in [0.2, 0.25) is 0 Å². The standard InChI is InChI=1S/C52H70N2O11/c1-26-12-14-38-47(3,4)40(58)16-17-49(38,7)51(26)21-30-36(56)20-29-33(42(30)64-51)25-54(45(29)61)34(46(62)63)11-9-10-18-53-24-32-28(44(53)60)19-35(55)31-22-52(65-41(31)32)27(2)13-15-39-48(5,6)43(59)37(57)23-50(39,52)8/h19-20,26-27,34,37-40,43,55-59H,9-18,21-25H2,1-8H3,(H,62,63)/t26-,27-,34-,37-,38?,39?,40-,43-,49+,50+,51?,52?/m1/s1. The minimum atomic E-state index is -1.14. The summed E-state index contributed by atoms with van der Waals surface area (Å²) in [7, 11) is 0. The molecule has 13 nitrogen and oxygen atoms in total. The number of hydrogen-bond donors (Lipinski definition) is 6. The second-order valence-electron chi connectivity index (χ2n) is 23.6. The summed E-state index contributed by atoms with van der Waals surface area (Å²) >= 11 is 0. The molecule has 0 radical (unpaired) electrons. The lowest BCUT2D eigenvalue weighted by molar-refractivity contribution is -0.240. The molecule has 6 N–H and O–H groups in total. The van der Waals surface area contributed by atoms with E-state index in [1.54, 1.807) is 11.0 Å². The van der Waals surface area contributed by atoms with Crippen molar-refractivity contribution in [2.75, 3.05) is 6.54 Å². The summed E-state index contributed by atoms with van der Waals surface area (Å²) < 4.78 is 14.3. The van der Waals surface area contributed by atoms with E-state index in [2.05, 4.69) is 41.5 Å². The Morgan fingerprint density at radius 1 is 0.723 bits per heavy atom. The van der Waals surface area contributed by atoms with E-state index in [0.29, 0.717) is 78.8 Å². The molecule has 0 aromatic heterocycles. The van der Waals surface area contributed by atoms with Gasteiger partial charge < -0.3 is 49.9 Å². The molecule has 13 heteroatoms. The predicted octanol–water partition coefficient (Wildman–Crippen LogP) is 7.12. The molecule has 2 spiro atoms. The van der Waals surface area contributed by atoms with E-state index < -0.39 is 58.3 Å². The molecule has 4 aliphatic heterocycles. The van der Waals surface area contributed by atoms with Gasteiger partial charge in [0, 0.05) is 52.5 Å². The van der Waals surface area contributed by atoms with Gasteiger partial charge in [0.2, 0.25) is 0 Å². The largest absolute Gasteiger partial charge is 0.508 e. The van der Waals surface area contributed by atoms with Crippen LogP contribution in [-0.4, -0.2) is 100 Å². The second kappa shape index (κ2) is 14.5. The van der Waals surface area contributed by atoms with E-state index >= 15 is 0 Å². The number of fused-ring (bicyclic) bond motifs is 10. The number of aliphatic hydroxyl groups is 3. The van der Waals surface area contributed by atoms with Gasteiger partial charge in [-0.15, -0.1) is 0 Å². The smallest absolute Gasteiger partial charge is 0.326 e. The number of carboxylic acid groups (broad SMARTS) is 1. The van der Waals surface area contributed by atoms with Crippen molar-refractivity contribution in [2.45, 2.75) is 181 Å².